The Kier molecular flexibility index (Phi) is 6.22. The second-order valence-corrected chi connectivity index (χ2v) is 3.95. The van der Waals surface area contributed by atoms with Gasteiger partial charge in [-0.05, 0) is 26.0 Å². The van der Waals surface area contributed by atoms with Gasteiger partial charge in [0, 0.05) is 12.1 Å². The fourth-order valence-corrected chi connectivity index (χ4v) is 1.58. The molecule has 0 radical (unpaired) electrons. The number of hydrogen-bond acceptors (Lipinski definition) is 4. The molecule has 1 aromatic carbocycles. The second kappa shape index (κ2) is 7.93. The van der Waals surface area contributed by atoms with E-state index >= 15 is 0 Å². The summed E-state index contributed by atoms with van der Waals surface area (Å²) < 4.78 is 4.60. The van der Waals surface area contributed by atoms with Crippen LogP contribution in [-0.4, -0.2) is 42.5 Å². The first-order valence-electron chi connectivity index (χ1n) is 6.39. The van der Waals surface area contributed by atoms with Crippen LogP contribution in [0.25, 0.3) is 0 Å². The normalized spacial score (nSPS) is 9.70. The van der Waals surface area contributed by atoms with Crippen LogP contribution in [0.3, 0.4) is 0 Å². The molecule has 0 spiro atoms. The van der Waals surface area contributed by atoms with Crippen molar-refractivity contribution < 1.29 is 19.1 Å². The number of carbonyl (C=O) groups excluding carboxylic acids is 3. The maximum atomic E-state index is 12.2. The van der Waals surface area contributed by atoms with Gasteiger partial charge in [0.15, 0.2) is 0 Å². The van der Waals surface area contributed by atoms with Crippen LogP contribution in [0.5, 0.6) is 0 Å². The van der Waals surface area contributed by atoms with Crippen molar-refractivity contribution in [3.63, 3.8) is 0 Å². The molecular formula is C14H18N2O4. The lowest BCUT2D eigenvalue weighted by molar-refractivity contribution is -0.121. The summed E-state index contributed by atoms with van der Waals surface area (Å²) in [5.74, 6) is -0.832. The van der Waals surface area contributed by atoms with Gasteiger partial charge in [0.25, 0.3) is 5.91 Å². The van der Waals surface area contributed by atoms with Crippen LogP contribution in [0.1, 0.15) is 24.2 Å². The van der Waals surface area contributed by atoms with Crippen molar-refractivity contribution in [2.24, 2.45) is 0 Å². The van der Waals surface area contributed by atoms with Crippen molar-refractivity contribution >= 4 is 17.9 Å². The minimum atomic E-state index is -0.805. The predicted molar refractivity (Wildman–Crippen MR) is 73.2 cm³/mol. The predicted octanol–water partition coefficient (Wildman–Crippen LogP) is 1.42. The third-order valence-electron chi connectivity index (χ3n) is 2.54. The van der Waals surface area contributed by atoms with E-state index in [9.17, 15) is 14.4 Å². The maximum Gasteiger partial charge on any atom is 0.413 e. The highest BCUT2D eigenvalue weighted by molar-refractivity contribution is 5.98. The number of benzene rings is 1. The summed E-state index contributed by atoms with van der Waals surface area (Å²) in [6, 6.07) is 8.66. The summed E-state index contributed by atoms with van der Waals surface area (Å²) in [6.45, 7) is 3.76. The molecule has 6 nitrogen and oxygen atoms in total. The van der Waals surface area contributed by atoms with Crippen molar-refractivity contribution in [1.82, 2.24) is 10.2 Å². The van der Waals surface area contributed by atoms with E-state index in [-0.39, 0.29) is 19.1 Å². The van der Waals surface area contributed by atoms with Gasteiger partial charge in [-0.2, -0.15) is 0 Å². The summed E-state index contributed by atoms with van der Waals surface area (Å²) in [4.78, 5) is 36.2. The van der Waals surface area contributed by atoms with Crippen LogP contribution in [0, 0.1) is 0 Å². The summed E-state index contributed by atoms with van der Waals surface area (Å²) in [7, 11) is 0. The average molecular weight is 278 g/mol. The fraction of sp³-hybridized carbons (Fsp3) is 0.357. The summed E-state index contributed by atoms with van der Waals surface area (Å²) >= 11 is 0. The summed E-state index contributed by atoms with van der Waals surface area (Å²) in [6.07, 6.45) is -0.805. The molecule has 1 N–H and O–H groups in total. The first kappa shape index (κ1) is 15.7. The quantitative estimate of drug-likeness (QED) is 0.883. The Morgan fingerprint density at radius 3 is 2.35 bits per heavy atom. The lowest BCUT2D eigenvalue weighted by Gasteiger charge is -2.20. The second-order valence-electron chi connectivity index (χ2n) is 3.95. The standard InChI is InChI=1S/C14H18N2O4/c1-3-16(10-12(17)15-14(19)20-4-2)13(18)11-8-6-5-7-9-11/h5-9H,3-4,10H2,1-2H3,(H,15,17,19). The van der Waals surface area contributed by atoms with E-state index in [1.165, 1.54) is 4.90 Å². The Morgan fingerprint density at radius 1 is 1.15 bits per heavy atom. The van der Waals surface area contributed by atoms with Crippen molar-refractivity contribution in [2.45, 2.75) is 13.8 Å². The highest BCUT2D eigenvalue weighted by Gasteiger charge is 2.18. The van der Waals surface area contributed by atoms with E-state index in [0.717, 1.165) is 0 Å². The van der Waals surface area contributed by atoms with Crippen LogP contribution >= 0.6 is 0 Å². The van der Waals surface area contributed by atoms with E-state index in [1.807, 2.05) is 0 Å². The number of likely N-dealkylation sites (N-methyl/N-ethyl adjacent to an activating group) is 1. The van der Waals surface area contributed by atoms with Crippen LogP contribution in [0.15, 0.2) is 30.3 Å². The molecule has 1 rings (SSSR count). The van der Waals surface area contributed by atoms with Gasteiger partial charge < -0.3 is 9.64 Å². The Morgan fingerprint density at radius 2 is 1.80 bits per heavy atom. The maximum absolute atomic E-state index is 12.2. The zero-order valence-electron chi connectivity index (χ0n) is 11.6. The largest absolute Gasteiger partial charge is 0.450 e. The van der Waals surface area contributed by atoms with Crippen molar-refractivity contribution in [3.05, 3.63) is 35.9 Å². The molecule has 20 heavy (non-hydrogen) atoms. The van der Waals surface area contributed by atoms with E-state index in [0.29, 0.717) is 12.1 Å². The highest BCUT2D eigenvalue weighted by Crippen LogP contribution is 2.04. The van der Waals surface area contributed by atoms with Gasteiger partial charge in [-0.25, -0.2) is 4.79 Å². The number of hydrogen-bond donors (Lipinski definition) is 1. The molecular weight excluding hydrogens is 260 g/mol. The Labute approximate surface area is 117 Å². The first-order valence-corrected chi connectivity index (χ1v) is 6.39. The van der Waals surface area contributed by atoms with Crippen LogP contribution in [0.4, 0.5) is 4.79 Å². The number of carbonyl (C=O) groups is 3. The number of ether oxygens (including phenoxy) is 1. The lowest BCUT2D eigenvalue weighted by atomic mass is 10.2. The molecule has 0 aliphatic carbocycles. The van der Waals surface area contributed by atoms with Gasteiger partial charge in [-0.15, -0.1) is 0 Å². The van der Waals surface area contributed by atoms with Gasteiger partial charge in [-0.3, -0.25) is 14.9 Å². The zero-order chi connectivity index (χ0) is 15.0. The molecule has 0 saturated carbocycles. The van der Waals surface area contributed by atoms with E-state index < -0.39 is 12.0 Å². The van der Waals surface area contributed by atoms with E-state index in [2.05, 4.69) is 10.1 Å². The Hall–Kier alpha value is -2.37. The molecule has 6 heteroatoms. The van der Waals surface area contributed by atoms with Crippen molar-refractivity contribution in [2.75, 3.05) is 19.7 Å². The number of nitrogens with zero attached hydrogens (tertiary/aromatic N) is 1. The van der Waals surface area contributed by atoms with Gasteiger partial charge in [-0.1, -0.05) is 18.2 Å². The molecule has 0 heterocycles. The molecule has 0 unspecified atom stereocenters. The molecule has 0 aliphatic rings. The van der Waals surface area contributed by atoms with Crippen LogP contribution in [0.2, 0.25) is 0 Å². The van der Waals surface area contributed by atoms with Gasteiger partial charge in [0.1, 0.15) is 6.54 Å². The van der Waals surface area contributed by atoms with Gasteiger partial charge >= 0.3 is 6.09 Å². The molecule has 0 aliphatic heterocycles. The number of rotatable bonds is 5. The van der Waals surface area contributed by atoms with Gasteiger partial charge in [0.2, 0.25) is 5.91 Å². The molecule has 1 aromatic rings. The molecule has 0 atom stereocenters. The monoisotopic (exact) mass is 278 g/mol. The minimum Gasteiger partial charge on any atom is -0.450 e. The number of amides is 3. The molecule has 0 fully saturated rings. The van der Waals surface area contributed by atoms with E-state index in [1.54, 1.807) is 44.2 Å². The van der Waals surface area contributed by atoms with E-state index in [4.69, 9.17) is 0 Å². The number of alkyl carbamates (subject to hydrolysis) is 1. The SMILES string of the molecule is CCOC(=O)NC(=O)CN(CC)C(=O)c1ccccc1. The van der Waals surface area contributed by atoms with Crippen LogP contribution < -0.4 is 5.32 Å². The number of imide groups is 1. The van der Waals surface area contributed by atoms with Crippen molar-refractivity contribution in [1.29, 1.82) is 0 Å². The minimum absolute atomic E-state index is 0.180. The molecule has 108 valence electrons. The molecule has 0 aromatic heterocycles. The molecule has 0 saturated heterocycles. The number of nitrogens with one attached hydrogen (secondary N) is 1. The lowest BCUT2D eigenvalue weighted by Crippen LogP contribution is -2.42. The summed E-state index contributed by atoms with van der Waals surface area (Å²) in [5.41, 5.74) is 0.498. The Balaban J connectivity index is 2.61. The first-order chi connectivity index (χ1) is 9.58. The van der Waals surface area contributed by atoms with Crippen LogP contribution in [-0.2, 0) is 9.53 Å². The third kappa shape index (κ3) is 4.72. The molecule has 3 amide bonds. The average Bonchev–Trinajstić information content (AvgIpc) is 2.45. The van der Waals surface area contributed by atoms with Gasteiger partial charge in [0.05, 0.1) is 6.61 Å². The summed E-state index contributed by atoms with van der Waals surface area (Å²) in [5, 5.41) is 2.06. The highest BCUT2D eigenvalue weighted by atomic mass is 16.5. The zero-order valence-corrected chi connectivity index (χ0v) is 11.6. The topological polar surface area (TPSA) is 75.7 Å². The molecule has 0 bridgehead atoms. The third-order valence-corrected chi connectivity index (χ3v) is 2.54. The fourth-order valence-electron chi connectivity index (χ4n) is 1.58. The Bertz CT molecular complexity index is 473. The smallest absolute Gasteiger partial charge is 0.413 e. The van der Waals surface area contributed by atoms with Crippen molar-refractivity contribution in [3.8, 4) is 0 Å².